The molecule has 1 unspecified atom stereocenters. The highest BCUT2D eigenvalue weighted by Crippen LogP contribution is 2.38. The lowest BCUT2D eigenvalue weighted by Crippen LogP contribution is -2.39. The van der Waals surface area contributed by atoms with Gasteiger partial charge < -0.3 is 18.4 Å². The molecule has 0 bridgehead atoms. The van der Waals surface area contributed by atoms with Gasteiger partial charge in [-0.05, 0) is 43.9 Å². The molecule has 0 N–H and O–H groups in total. The van der Waals surface area contributed by atoms with Gasteiger partial charge in [0.15, 0.2) is 0 Å². The molecule has 1 atom stereocenters. The van der Waals surface area contributed by atoms with Gasteiger partial charge in [-0.1, -0.05) is 13.8 Å². The summed E-state index contributed by atoms with van der Waals surface area (Å²) in [6.45, 7) is 14.0. The second kappa shape index (κ2) is 9.08. The van der Waals surface area contributed by atoms with E-state index >= 15 is 0 Å². The Morgan fingerprint density at radius 2 is 1.97 bits per heavy atom. The summed E-state index contributed by atoms with van der Waals surface area (Å²) in [5.41, 5.74) is 6.06. The van der Waals surface area contributed by atoms with Gasteiger partial charge in [0.1, 0.15) is 5.82 Å². The molecule has 32 heavy (non-hydrogen) atoms. The van der Waals surface area contributed by atoms with Crippen LogP contribution in [0.4, 0.5) is 0 Å². The Balaban J connectivity index is 2.02. The van der Waals surface area contributed by atoms with Crippen molar-refractivity contribution in [1.29, 1.82) is 0 Å². The highest BCUT2D eigenvalue weighted by molar-refractivity contribution is 5.94. The number of aromatic nitrogens is 3. The van der Waals surface area contributed by atoms with E-state index in [4.69, 9.17) is 9.47 Å². The lowest BCUT2D eigenvalue weighted by atomic mass is 9.96. The van der Waals surface area contributed by atoms with Crippen molar-refractivity contribution in [2.45, 2.75) is 46.6 Å². The van der Waals surface area contributed by atoms with Crippen molar-refractivity contribution >= 4 is 11.5 Å². The number of rotatable bonds is 6. The zero-order valence-electron chi connectivity index (χ0n) is 20.0. The van der Waals surface area contributed by atoms with Crippen molar-refractivity contribution in [1.82, 2.24) is 18.9 Å². The molecule has 7 heteroatoms. The van der Waals surface area contributed by atoms with E-state index in [1.807, 2.05) is 43.9 Å². The Morgan fingerprint density at radius 1 is 1.25 bits per heavy atom. The van der Waals surface area contributed by atoms with E-state index in [0.29, 0.717) is 12.2 Å². The van der Waals surface area contributed by atoms with Crippen molar-refractivity contribution in [2.75, 3.05) is 32.9 Å². The van der Waals surface area contributed by atoms with E-state index in [0.717, 1.165) is 54.5 Å². The van der Waals surface area contributed by atoms with Gasteiger partial charge in [-0.2, -0.15) is 0 Å². The molecule has 7 nitrogen and oxygen atoms in total. The zero-order valence-corrected chi connectivity index (χ0v) is 20.0. The Hall–Kier alpha value is -2.64. The first kappa shape index (κ1) is 22.6. The molecule has 4 rings (SSSR count). The van der Waals surface area contributed by atoms with Crippen LogP contribution >= 0.6 is 0 Å². The molecule has 0 amide bonds. The summed E-state index contributed by atoms with van der Waals surface area (Å²) in [5.74, 6) is 0.922. The molecular formula is C25H34N4O3. The van der Waals surface area contributed by atoms with Gasteiger partial charge in [0, 0.05) is 56.0 Å². The minimum absolute atomic E-state index is 0.123. The molecule has 0 radical (unpaired) electrons. The minimum Gasteiger partial charge on any atom is -0.462 e. The molecule has 0 saturated carbocycles. The van der Waals surface area contributed by atoms with Crippen LogP contribution in [-0.2, 0) is 16.5 Å². The van der Waals surface area contributed by atoms with Crippen LogP contribution in [0.5, 0.6) is 0 Å². The van der Waals surface area contributed by atoms with Crippen LogP contribution in [0.2, 0.25) is 0 Å². The fourth-order valence-corrected chi connectivity index (χ4v) is 4.93. The first-order chi connectivity index (χ1) is 15.3. The van der Waals surface area contributed by atoms with Gasteiger partial charge in [0.05, 0.1) is 30.9 Å². The molecule has 0 aromatic carbocycles. The first-order valence-electron chi connectivity index (χ1n) is 11.5. The van der Waals surface area contributed by atoms with Crippen molar-refractivity contribution in [2.24, 2.45) is 7.05 Å². The van der Waals surface area contributed by atoms with Crippen molar-refractivity contribution in [3.8, 4) is 11.4 Å². The second-order valence-corrected chi connectivity index (χ2v) is 8.84. The third-order valence-electron chi connectivity index (χ3n) is 6.54. The number of pyridine rings is 1. The summed E-state index contributed by atoms with van der Waals surface area (Å²) in [7, 11) is 2.02. The summed E-state index contributed by atoms with van der Waals surface area (Å²) >= 11 is 0. The number of aryl methyl sites for hydroxylation is 1. The van der Waals surface area contributed by atoms with Crippen LogP contribution < -0.4 is 0 Å². The number of fused-ring (bicyclic) bond motifs is 1. The van der Waals surface area contributed by atoms with Crippen molar-refractivity contribution in [3.05, 3.63) is 47.0 Å². The highest BCUT2D eigenvalue weighted by Gasteiger charge is 2.28. The van der Waals surface area contributed by atoms with E-state index in [1.165, 1.54) is 5.56 Å². The third-order valence-corrected chi connectivity index (χ3v) is 6.54. The predicted molar refractivity (Wildman–Crippen MR) is 125 cm³/mol. The number of nitrogens with zero attached hydrogens (tertiary/aromatic N) is 4. The van der Waals surface area contributed by atoms with Crippen LogP contribution in [0.3, 0.4) is 0 Å². The number of imidazole rings is 1. The fraction of sp³-hybridized carbons (Fsp3) is 0.520. The topological polar surface area (TPSA) is 61.0 Å². The minimum atomic E-state index is -0.266. The van der Waals surface area contributed by atoms with E-state index in [-0.39, 0.29) is 17.9 Å². The normalized spacial score (nSPS) is 16.1. The summed E-state index contributed by atoms with van der Waals surface area (Å²) in [6, 6.07) is 2.13. The number of carbonyl (C=O) groups excluding carboxylic acids is 1. The quantitative estimate of drug-likeness (QED) is 0.536. The Bertz CT molecular complexity index is 1120. The largest absolute Gasteiger partial charge is 0.462 e. The molecule has 4 heterocycles. The Morgan fingerprint density at radius 3 is 2.56 bits per heavy atom. The van der Waals surface area contributed by atoms with E-state index in [9.17, 15) is 4.79 Å². The number of ether oxygens (including phenoxy) is 2. The van der Waals surface area contributed by atoms with Crippen molar-refractivity contribution in [3.63, 3.8) is 0 Å². The summed E-state index contributed by atoms with van der Waals surface area (Å²) in [6.07, 6.45) is 5.99. The van der Waals surface area contributed by atoms with Crippen molar-refractivity contribution < 1.29 is 14.3 Å². The summed E-state index contributed by atoms with van der Waals surface area (Å²) in [5, 5.41) is 0. The van der Waals surface area contributed by atoms with Crippen LogP contribution in [0.1, 0.15) is 66.8 Å². The lowest BCUT2D eigenvalue weighted by Gasteiger charge is -2.34. The second-order valence-electron chi connectivity index (χ2n) is 8.84. The molecule has 172 valence electrons. The maximum absolute atomic E-state index is 12.9. The molecule has 1 aliphatic rings. The van der Waals surface area contributed by atoms with Crippen LogP contribution in [-0.4, -0.2) is 57.7 Å². The van der Waals surface area contributed by atoms with Gasteiger partial charge in [-0.3, -0.25) is 4.90 Å². The molecule has 1 aliphatic heterocycles. The average Bonchev–Trinajstić information content (AvgIpc) is 3.36. The Labute approximate surface area is 189 Å². The number of hydrogen-bond donors (Lipinski definition) is 0. The van der Waals surface area contributed by atoms with Gasteiger partial charge in [0.25, 0.3) is 0 Å². The molecule has 1 saturated heterocycles. The molecule has 3 aromatic heterocycles. The smallest absolute Gasteiger partial charge is 0.338 e. The molecule has 3 aromatic rings. The lowest BCUT2D eigenvalue weighted by molar-refractivity contribution is 0.0186. The standard InChI is InChI=1S/C25H34N4O3/c1-7-32-25(30)19-14-21-22(16(2)3)20(24-26-8-9-27(24)6)15-29(21)23(17(19)4)18(5)28-10-12-31-13-11-28/h8-9,14-16,18H,7,10-13H2,1-6H3. The maximum Gasteiger partial charge on any atom is 0.338 e. The predicted octanol–water partition coefficient (Wildman–Crippen LogP) is 4.34. The number of hydrogen-bond acceptors (Lipinski definition) is 5. The number of esters is 1. The van der Waals surface area contributed by atoms with E-state index in [2.05, 4.69) is 41.3 Å². The monoisotopic (exact) mass is 438 g/mol. The summed E-state index contributed by atoms with van der Waals surface area (Å²) < 4.78 is 15.3. The van der Waals surface area contributed by atoms with Crippen LogP contribution in [0.15, 0.2) is 24.7 Å². The summed E-state index contributed by atoms with van der Waals surface area (Å²) in [4.78, 5) is 20.0. The maximum atomic E-state index is 12.9. The fourth-order valence-electron chi connectivity index (χ4n) is 4.93. The highest BCUT2D eigenvalue weighted by atomic mass is 16.5. The molecular weight excluding hydrogens is 404 g/mol. The average molecular weight is 439 g/mol. The van der Waals surface area contributed by atoms with E-state index < -0.39 is 0 Å². The van der Waals surface area contributed by atoms with Gasteiger partial charge in [0.2, 0.25) is 0 Å². The Kier molecular flexibility index (Phi) is 6.40. The van der Waals surface area contributed by atoms with Gasteiger partial charge >= 0.3 is 5.97 Å². The zero-order chi connectivity index (χ0) is 23.0. The third kappa shape index (κ3) is 3.84. The van der Waals surface area contributed by atoms with Gasteiger partial charge in [-0.15, -0.1) is 0 Å². The molecule has 0 aliphatic carbocycles. The number of morpholine rings is 1. The van der Waals surface area contributed by atoms with E-state index in [1.54, 1.807) is 0 Å². The molecule has 0 spiro atoms. The van der Waals surface area contributed by atoms with Crippen LogP contribution in [0, 0.1) is 6.92 Å². The first-order valence-corrected chi connectivity index (χ1v) is 11.5. The number of carbonyl (C=O) groups is 1. The van der Waals surface area contributed by atoms with Gasteiger partial charge in [-0.25, -0.2) is 9.78 Å². The van der Waals surface area contributed by atoms with Crippen LogP contribution in [0.25, 0.3) is 16.9 Å². The molecule has 1 fully saturated rings. The SMILES string of the molecule is CCOC(=O)c1cc2c(C(C)C)c(-c3nccn3C)cn2c(C(C)N2CCOCC2)c1C.